The third-order valence-corrected chi connectivity index (χ3v) is 3.95. The molecule has 0 radical (unpaired) electrons. The minimum absolute atomic E-state index is 0.0602. The smallest absolute Gasteiger partial charge is 0.254 e. The molecule has 2 unspecified atom stereocenters. The van der Waals surface area contributed by atoms with Crippen LogP contribution in [0.1, 0.15) is 48.5 Å². The van der Waals surface area contributed by atoms with Gasteiger partial charge in [-0.3, -0.25) is 4.79 Å². The van der Waals surface area contributed by atoms with Gasteiger partial charge in [0.05, 0.1) is 5.56 Å². The van der Waals surface area contributed by atoms with Crippen molar-refractivity contribution < 1.29 is 13.6 Å². The largest absolute Gasteiger partial charge is 0.349 e. The molecule has 0 aromatic heterocycles. The molecule has 1 saturated carbocycles. The molecule has 0 aliphatic heterocycles. The number of amides is 1. The Morgan fingerprint density at radius 1 is 1.21 bits per heavy atom. The Morgan fingerprint density at radius 3 is 2.58 bits per heavy atom. The van der Waals surface area contributed by atoms with Gasteiger partial charge >= 0.3 is 0 Å². The second kappa shape index (κ2) is 5.68. The van der Waals surface area contributed by atoms with Crippen molar-refractivity contribution in [1.29, 1.82) is 0 Å². The molecule has 104 valence electrons. The van der Waals surface area contributed by atoms with E-state index in [4.69, 9.17) is 0 Å². The predicted molar refractivity (Wildman–Crippen MR) is 70.0 cm³/mol. The Hall–Kier alpha value is -1.45. The molecular weight excluding hydrogens is 248 g/mol. The van der Waals surface area contributed by atoms with Gasteiger partial charge in [0.25, 0.3) is 5.91 Å². The molecule has 0 saturated heterocycles. The number of nitrogens with one attached hydrogen (secondary N) is 1. The summed E-state index contributed by atoms with van der Waals surface area (Å²) >= 11 is 0. The topological polar surface area (TPSA) is 29.1 Å². The molecule has 0 heterocycles. The van der Waals surface area contributed by atoms with Crippen LogP contribution in [0.15, 0.2) is 12.1 Å². The van der Waals surface area contributed by atoms with Crippen molar-refractivity contribution in [2.24, 2.45) is 5.92 Å². The number of rotatable bonds is 2. The first-order valence-corrected chi connectivity index (χ1v) is 6.76. The predicted octanol–water partition coefficient (Wildman–Crippen LogP) is 3.58. The van der Waals surface area contributed by atoms with E-state index in [1.54, 1.807) is 0 Å². The molecule has 19 heavy (non-hydrogen) atoms. The van der Waals surface area contributed by atoms with E-state index in [0.29, 0.717) is 5.92 Å². The fourth-order valence-corrected chi connectivity index (χ4v) is 2.60. The van der Waals surface area contributed by atoms with E-state index >= 15 is 0 Å². The quantitative estimate of drug-likeness (QED) is 0.871. The van der Waals surface area contributed by atoms with Crippen LogP contribution in [0.3, 0.4) is 0 Å². The van der Waals surface area contributed by atoms with Gasteiger partial charge in [0, 0.05) is 6.04 Å². The summed E-state index contributed by atoms with van der Waals surface area (Å²) in [6, 6.07) is 2.83. The van der Waals surface area contributed by atoms with Crippen molar-refractivity contribution in [2.45, 2.75) is 45.6 Å². The van der Waals surface area contributed by atoms with Crippen molar-refractivity contribution >= 4 is 5.91 Å². The number of carbonyl (C=O) groups excluding carboxylic acids is 1. The summed E-state index contributed by atoms with van der Waals surface area (Å²) in [5.41, 5.74) is 0.000887. The van der Waals surface area contributed by atoms with Crippen LogP contribution in [-0.4, -0.2) is 11.9 Å². The highest BCUT2D eigenvalue weighted by Gasteiger charge is 2.25. The summed E-state index contributed by atoms with van der Waals surface area (Å²) < 4.78 is 27.2. The van der Waals surface area contributed by atoms with E-state index in [0.717, 1.165) is 19.3 Å². The Kier molecular flexibility index (Phi) is 4.17. The number of hydrogen-bond donors (Lipinski definition) is 1. The summed E-state index contributed by atoms with van der Waals surface area (Å²) in [5.74, 6) is -2.13. The minimum atomic E-state index is -1.05. The Balaban J connectivity index is 2.14. The number of halogens is 2. The van der Waals surface area contributed by atoms with Crippen LogP contribution in [-0.2, 0) is 0 Å². The van der Waals surface area contributed by atoms with E-state index in [2.05, 4.69) is 12.2 Å². The van der Waals surface area contributed by atoms with Crippen molar-refractivity contribution in [3.05, 3.63) is 34.9 Å². The molecule has 1 aliphatic rings. The van der Waals surface area contributed by atoms with Crippen LogP contribution >= 0.6 is 0 Å². The van der Waals surface area contributed by atoms with Gasteiger partial charge in [0.1, 0.15) is 0 Å². The van der Waals surface area contributed by atoms with Crippen molar-refractivity contribution in [3.8, 4) is 0 Å². The molecule has 0 spiro atoms. The van der Waals surface area contributed by atoms with Gasteiger partial charge in [-0.1, -0.05) is 25.8 Å². The summed E-state index contributed by atoms with van der Waals surface area (Å²) in [7, 11) is 0. The van der Waals surface area contributed by atoms with Crippen molar-refractivity contribution in [3.63, 3.8) is 0 Å². The second-order valence-corrected chi connectivity index (χ2v) is 5.40. The molecule has 1 aliphatic carbocycles. The lowest BCUT2D eigenvalue weighted by molar-refractivity contribution is 0.0905. The average Bonchev–Trinajstić information content (AvgIpc) is 2.39. The van der Waals surface area contributed by atoms with E-state index in [1.807, 2.05) is 0 Å². The lowest BCUT2D eigenvalue weighted by Crippen LogP contribution is -2.41. The van der Waals surface area contributed by atoms with Gasteiger partial charge in [-0.15, -0.1) is 0 Å². The normalized spacial score (nSPS) is 23.2. The maximum atomic E-state index is 13.7. The Morgan fingerprint density at radius 2 is 1.89 bits per heavy atom. The highest BCUT2D eigenvalue weighted by Crippen LogP contribution is 2.24. The van der Waals surface area contributed by atoms with Crippen LogP contribution < -0.4 is 5.32 Å². The number of aryl methyl sites for hydroxylation is 1. The zero-order valence-corrected chi connectivity index (χ0v) is 11.3. The van der Waals surface area contributed by atoms with E-state index in [9.17, 15) is 13.6 Å². The zero-order valence-electron chi connectivity index (χ0n) is 11.3. The molecule has 1 aromatic carbocycles. The Bertz CT molecular complexity index is 487. The lowest BCUT2D eigenvalue weighted by Gasteiger charge is -2.29. The third kappa shape index (κ3) is 2.94. The average molecular weight is 267 g/mol. The molecular formula is C15H19F2NO. The van der Waals surface area contributed by atoms with Crippen molar-refractivity contribution in [1.82, 2.24) is 5.32 Å². The zero-order chi connectivity index (χ0) is 14.0. The number of carbonyl (C=O) groups is 1. The summed E-state index contributed by atoms with van der Waals surface area (Å²) in [5, 5.41) is 2.83. The number of benzene rings is 1. The van der Waals surface area contributed by atoms with Gasteiger partial charge in [0.15, 0.2) is 11.6 Å². The van der Waals surface area contributed by atoms with Gasteiger partial charge in [-0.2, -0.15) is 0 Å². The van der Waals surface area contributed by atoms with Crippen LogP contribution in [0.2, 0.25) is 0 Å². The molecule has 1 amide bonds. The molecule has 2 nitrogen and oxygen atoms in total. The van der Waals surface area contributed by atoms with Gasteiger partial charge < -0.3 is 5.32 Å². The highest BCUT2D eigenvalue weighted by molar-refractivity contribution is 5.94. The minimum Gasteiger partial charge on any atom is -0.349 e. The molecule has 2 atom stereocenters. The highest BCUT2D eigenvalue weighted by atomic mass is 19.2. The molecule has 1 aromatic rings. The molecule has 0 bridgehead atoms. The molecule has 2 rings (SSSR count). The maximum absolute atomic E-state index is 13.7. The molecule has 4 heteroatoms. The fraction of sp³-hybridized carbons (Fsp3) is 0.533. The lowest BCUT2D eigenvalue weighted by atomic mass is 9.86. The summed E-state index contributed by atoms with van der Waals surface area (Å²) in [6.45, 7) is 3.56. The van der Waals surface area contributed by atoms with Crippen LogP contribution in [0.5, 0.6) is 0 Å². The Labute approximate surface area is 112 Å². The first kappa shape index (κ1) is 14.0. The first-order chi connectivity index (χ1) is 9.00. The van der Waals surface area contributed by atoms with E-state index in [-0.39, 0.29) is 17.2 Å². The standard InChI is InChI=1S/C15H19F2NO/c1-9-5-3-4-6-12(9)18-15(19)11-8-7-10(2)13(16)14(11)17/h7-9,12H,3-6H2,1-2H3,(H,18,19). The van der Waals surface area contributed by atoms with Crippen LogP contribution in [0, 0.1) is 24.5 Å². The second-order valence-electron chi connectivity index (χ2n) is 5.40. The fourth-order valence-electron chi connectivity index (χ4n) is 2.60. The van der Waals surface area contributed by atoms with Crippen LogP contribution in [0.25, 0.3) is 0 Å². The number of hydrogen-bond acceptors (Lipinski definition) is 1. The monoisotopic (exact) mass is 267 g/mol. The van der Waals surface area contributed by atoms with Gasteiger partial charge in [0.2, 0.25) is 0 Å². The summed E-state index contributed by atoms with van der Waals surface area (Å²) in [4.78, 5) is 12.0. The first-order valence-electron chi connectivity index (χ1n) is 6.76. The van der Waals surface area contributed by atoms with Crippen molar-refractivity contribution in [2.75, 3.05) is 0 Å². The van der Waals surface area contributed by atoms with Gasteiger partial charge in [-0.25, -0.2) is 8.78 Å². The van der Waals surface area contributed by atoms with E-state index in [1.165, 1.54) is 25.5 Å². The third-order valence-electron chi connectivity index (χ3n) is 3.95. The summed E-state index contributed by atoms with van der Waals surface area (Å²) in [6.07, 6.45) is 4.21. The molecule has 1 fully saturated rings. The van der Waals surface area contributed by atoms with Crippen LogP contribution in [0.4, 0.5) is 8.78 Å². The van der Waals surface area contributed by atoms with E-state index < -0.39 is 17.5 Å². The maximum Gasteiger partial charge on any atom is 0.254 e. The SMILES string of the molecule is Cc1ccc(C(=O)NC2CCCCC2C)c(F)c1F. The molecule has 1 N–H and O–H groups in total. The van der Waals surface area contributed by atoms with Gasteiger partial charge in [-0.05, 0) is 37.3 Å².